The van der Waals surface area contributed by atoms with Gasteiger partial charge in [-0.05, 0) is 0 Å². The van der Waals surface area contributed by atoms with Gasteiger partial charge in [0.25, 0.3) is 0 Å². The number of hydrogen-bond donors (Lipinski definition) is 1. The van der Waals surface area contributed by atoms with Gasteiger partial charge in [-0.3, -0.25) is 0 Å². The standard InChI is InChI=1S/C8H8NO2Se/c10-12(11)8-5-6-3-1-2-4-7(6)9-8/h1-4,8-9H,5H2. The Bertz CT molecular complexity index is 340. The van der Waals surface area contributed by atoms with Crippen LogP contribution in [0.4, 0.5) is 5.69 Å². The van der Waals surface area contributed by atoms with E-state index in [1.807, 2.05) is 24.3 Å². The molecule has 0 fully saturated rings. The van der Waals surface area contributed by atoms with E-state index in [1.165, 1.54) is 0 Å². The van der Waals surface area contributed by atoms with Gasteiger partial charge in [-0.2, -0.15) is 0 Å². The van der Waals surface area contributed by atoms with Crippen molar-refractivity contribution in [1.29, 1.82) is 0 Å². The molecule has 3 nitrogen and oxygen atoms in total. The van der Waals surface area contributed by atoms with Crippen LogP contribution < -0.4 is 5.32 Å². The molecule has 0 saturated carbocycles. The summed E-state index contributed by atoms with van der Waals surface area (Å²) in [6.07, 6.45) is 0.619. The van der Waals surface area contributed by atoms with Crippen LogP contribution in [-0.2, 0) is 14.1 Å². The molecule has 1 unspecified atom stereocenters. The Morgan fingerprint density at radius 1 is 1.33 bits per heavy atom. The summed E-state index contributed by atoms with van der Waals surface area (Å²) in [6, 6.07) is 7.69. The number of anilines is 1. The summed E-state index contributed by atoms with van der Waals surface area (Å²) in [5.74, 6) is 0. The van der Waals surface area contributed by atoms with Gasteiger partial charge in [0.15, 0.2) is 0 Å². The molecule has 0 spiro atoms. The summed E-state index contributed by atoms with van der Waals surface area (Å²) in [6.45, 7) is 0. The molecule has 1 atom stereocenters. The molecular formula is C8H8NO2Se. The fourth-order valence-corrected chi connectivity index (χ4v) is 2.51. The van der Waals surface area contributed by atoms with Crippen molar-refractivity contribution in [2.75, 3.05) is 5.32 Å². The third-order valence-corrected chi connectivity index (χ3v) is 3.54. The zero-order valence-corrected chi connectivity index (χ0v) is 8.03. The number of hydrogen-bond acceptors (Lipinski definition) is 3. The van der Waals surface area contributed by atoms with Crippen LogP contribution in [0.1, 0.15) is 5.56 Å². The van der Waals surface area contributed by atoms with Crippen molar-refractivity contribution >= 4 is 19.5 Å². The van der Waals surface area contributed by atoms with E-state index in [4.69, 9.17) is 0 Å². The summed E-state index contributed by atoms with van der Waals surface area (Å²) in [7, 11) is 0. The monoisotopic (exact) mass is 230 g/mol. The van der Waals surface area contributed by atoms with E-state index in [2.05, 4.69) is 5.32 Å². The van der Waals surface area contributed by atoms with Crippen LogP contribution in [0, 0.1) is 0 Å². The molecular weight excluding hydrogens is 221 g/mol. The third-order valence-electron chi connectivity index (χ3n) is 1.97. The summed E-state index contributed by atoms with van der Waals surface area (Å²) in [5.41, 5.74) is 2.06. The van der Waals surface area contributed by atoms with E-state index in [0.29, 0.717) is 6.42 Å². The average molecular weight is 229 g/mol. The van der Waals surface area contributed by atoms with E-state index >= 15 is 0 Å². The maximum atomic E-state index is 10.7. The van der Waals surface area contributed by atoms with E-state index in [1.54, 1.807) is 0 Å². The minimum atomic E-state index is -2.90. The Morgan fingerprint density at radius 3 is 2.75 bits per heavy atom. The summed E-state index contributed by atoms with van der Waals surface area (Å²) >= 11 is -2.90. The average Bonchev–Trinajstić information content (AvgIpc) is 2.46. The van der Waals surface area contributed by atoms with Crippen LogP contribution in [-0.4, -0.2) is 18.7 Å². The fourth-order valence-electron chi connectivity index (χ4n) is 1.38. The third kappa shape index (κ3) is 1.24. The van der Waals surface area contributed by atoms with Crippen molar-refractivity contribution in [2.24, 2.45) is 0 Å². The molecule has 1 heterocycles. The predicted molar refractivity (Wildman–Crippen MR) is 44.7 cm³/mol. The van der Waals surface area contributed by atoms with Gasteiger partial charge in [0.1, 0.15) is 0 Å². The van der Waals surface area contributed by atoms with Crippen molar-refractivity contribution in [3.05, 3.63) is 29.8 Å². The fraction of sp³-hybridized carbons (Fsp3) is 0.250. The molecule has 1 aliphatic rings. The Labute approximate surface area is 74.1 Å². The van der Waals surface area contributed by atoms with Crippen LogP contribution in [0.25, 0.3) is 0 Å². The van der Waals surface area contributed by atoms with Crippen LogP contribution in [0.2, 0.25) is 0 Å². The SMILES string of the molecule is O=[Se](=O)C1Cc2ccccc2N1. The molecule has 0 saturated heterocycles. The molecule has 0 amide bonds. The number of para-hydroxylation sites is 1. The zero-order valence-electron chi connectivity index (χ0n) is 6.32. The number of benzene rings is 1. The first-order chi connectivity index (χ1) is 5.77. The van der Waals surface area contributed by atoms with Gasteiger partial charge in [-0.1, -0.05) is 0 Å². The molecule has 1 aromatic rings. The van der Waals surface area contributed by atoms with Crippen molar-refractivity contribution in [3.63, 3.8) is 0 Å². The second-order valence-corrected chi connectivity index (χ2v) is 5.04. The van der Waals surface area contributed by atoms with Crippen molar-refractivity contribution in [1.82, 2.24) is 0 Å². The number of rotatable bonds is 1. The zero-order chi connectivity index (χ0) is 8.55. The van der Waals surface area contributed by atoms with Crippen molar-refractivity contribution < 1.29 is 7.67 Å². The molecule has 1 aliphatic heterocycles. The topological polar surface area (TPSA) is 46.2 Å². The second kappa shape index (κ2) is 2.88. The first-order valence-corrected chi connectivity index (χ1v) is 6.08. The van der Waals surface area contributed by atoms with Crippen molar-refractivity contribution in [3.8, 4) is 0 Å². The minimum absolute atomic E-state index is 0.345. The Hall–Kier alpha value is -0.861. The molecule has 2 rings (SSSR count). The quantitative estimate of drug-likeness (QED) is 0.728. The van der Waals surface area contributed by atoms with E-state index in [0.717, 1.165) is 11.3 Å². The summed E-state index contributed by atoms with van der Waals surface area (Å²) in [4.78, 5) is -0.345. The van der Waals surface area contributed by atoms with Gasteiger partial charge in [0.05, 0.1) is 0 Å². The normalized spacial score (nSPS) is 19.8. The molecule has 1 radical (unpaired) electrons. The van der Waals surface area contributed by atoms with Gasteiger partial charge >= 0.3 is 73.6 Å². The first-order valence-electron chi connectivity index (χ1n) is 3.70. The predicted octanol–water partition coefficient (Wildman–Crippen LogP) is 0.912. The van der Waals surface area contributed by atoms with Gasteiger partial charge < -0.3 is 0 Å². The summed E-state index contributed by atoms with van der Waals surface area (Å²) < 4.78 is 21.4. The molecule has 1 aromatic carbocycles. The van der Waals surface area contributed by atoms with Crippen LogP contribution in [0.5, 0.6) is 0 Å². The molecule has 0 aliphatic carbocycles. The first kappa shape index (κ1) is 7.77. The van der Waals surface area contributed by atoms with Crippen LogP contribution >= 0.6 is 0 Å². The van der Waals surface area contributed by atoms with Crippen LogP contribution in [0.15, 0.2) is 24.3 Å². The van der Waals surface area contributed by atoms with E-state index in [9.17, 15) is 7.67 Å². The second-order valence-electron chi connectivity index (χ2n) is 2.75. The molecule has 0 bridgehead atoms. The number of nitrogens with one attached hydrogen (secondary N) is 1. The van der Waals surface area contributed by atoms with Gasteiger partial charge in [-0.25, -0.2) is 0 Å². The van der Waals surface area contributed by atoms with Gasteiger partial charge in [-0.15, -0.1) is 0 Å². The Kier molecular flexibility index (Phi) is 1.87. The van der Waals surface area contributed by atoms with Gasteiger partial charge in [0, 0.05) is 0 Å². The van der Waals surface area contributed by atoms with Crippen LogP contribution in [0.3, 0.4) is 0 Å². The van der Waals surface area contributed by atoms with E-state index < -0.39 is 13.8 Å². The molecule has 4 heteroatoms. The maximum absolute atomic E-state index is 10.7. The Balaban J connectivity index is 2.33. The Morgan fingerprint density at radius 2 is 2.08 bits per heavy atom. The van der Waals surface area contributed by atoms with Gasteiger partial charge in [0.2, 0.25) is 0 Å². The van der Waals surface area contributed by atoms with E-state index in [-0.39, 0.29) is 4.94 Å². The molecule has 12 heavy (non-hydrogen) atoms. The van der Waals surface area contributed by atoms with Crippen molar-refractivity contribution in [2.45, 2.75) is 11.4 Å². The number of fused-ring (bicyclic) bond motifs is 1. The molecule has 0 aromatic heterocycles. The molecule has 1 N–H and O–H groups in total. The summed E-state index contributed by atoms with van der Waals surface area (Å²) in [5, 5.41) is 2.96. The molecule has 63 valence electrons.